The van der Waals surface area contributed by atoms with Gasteiger partial charge >= 0.3 is 0 Å². The molecule has 0 radical (unpaired) electrons. The van der Waals surface area contributed by atoms with Crippen LogP contribution in [0.5, 0.6) is 0 Å². The summed E-state index contributed by atoms with van der Waals surface area (Å²) >= 11 is 0. The molecule has 0 amide bonds. The highest BCUT2D eigenvalue weighted by Gasteiger charge is 2.13. The minimum Gasteiger partial charge on any atom is -0.744 e. The van der Waals surface area contributed by atoms with E-state index < -0.39 is 10.1 Å². The van der Waals surface area contributed by atoms with Crippen LogP contribution < -0.4 is 22.1 Å². The molecule has 6 N–H and O–H groups in total. The van der Waals surface area contributed by atoms with Crippen molar-refractivity contribution >= 4 is 32.9 Å². The summed E-state index contributed by atoms with van der Waals surface area (Å²) in [5, 5.41) is 6.99. The van der Waals surface area contributed by atoms with Crippen LogP contribution in [0.4, 0.5) is 22.7 Å². The maximum Gasteiger partial charge on any atom is 0.124 e. The lowest BCUT2D eigenvalue weighted by atomic mass is 10.2. The second kappa shape index (κ2) is 14.0. The molecule has 0 atom stereocenters. The summed E-state index contributed by atoms with van der Waals surface area (Å²) in [5.41, 5.74) is 18.9. The Morgan fingerprint density at radius 1 is 0.737 bits per heavy atom. The van der Waals surface area contributed by atoms with E-state index in [2.05, 4.69) is 36.9 Å². The van der Waals surface area contributed by atoms with Crippen LogP contribution in [0, 0.1) is 20.8 Å². The lowest BCUT2D eigenvalue weighted by Crippen LogP contribution is -2.42. The number of nitrogens with zero attached hydrogens (tertiary/aromatic N) is 1. The van der Waals surface area contributed by atoms with Gasteiger partial charge in [-0.15, -0.1) is 0 Å². The highest BCUT2D eigenvalue weighted by atomic mass is 32.2. The second-order valence-corrected chi connectivity index (χ2v) is 11.7. The van der Waals surface area contributed by atoms with Crippen molar-refractivity contribution in [2.24, 2.45) is 0 Å². The normalized spacial score (nSPS) is 11.4. The lowest BCUT2D eigenvalue weighted by Gasteiger charge is -2.30. The number of hydrogen-bond donors (Lipinski definition) is 4. The Kier molecular flexibility index (Phi) is 11.4. The molecule has 38 heavy (non-hydrogen) atoms. The minimum absolute atomic E-state index is 0.178. The Morgan fingerprint density at radius 3 is 1.53 bits per heavy atom. The fourth-order valence-corrected chi connectivity index (χ4v) is 4.34. The zero-order chi connectivity index (χ0) is 28.3. The van der Waals surface area contributed by atoms with E-state index in [9.17, 15) is 13.0 Å². The Bertz CT molecular complexity index is 1210. The lowest BCUT2D eigenvalue weighted by molar-refractivity contribution is -0.890. The first-order valence-electron chi connectivity index (χ1n) is 12.8. The average Bonchev–Trinajstić information content (AvgIpc) is 2.84. The van der Waals surface area contributed by atoms with Gasteiger partial charge in [0.25, 0.3) is 0 Å². The number of hydrogen-bond acceptors (Lipinski definition) is 7. The maximum atomic E-state index is 10.4. The first-order chi connectivity index (χ1) is 17.8. The van der Waals surface area contributed by atoms with Gasteiger partial charge in [0.05, 0.1) is 32.1 Å². The van der Waals surface area contributed by atoms with Gasteiger partial charge in [0.15, 0.2) is 0 Å². The molecule has 3 aromatic rings. The van der Waals surface area contributed by atoms with Gasteiger partial charge in [0, 0.05) is 48.7 Å². The van der Waals surface area contributed by atoms with Crippen LogP contribution in [0.1, 0.15) is 29.5 Å². The number of nitrogens with one attached hydrogen (secondary N) is 2. The third-order valence-electron chi connectivity index (χ3n) is 6.39. The molecule has 0 saturated heterocycles. The summed E-state index contributed by atoms with van der Waals surface area (Å²) in [4.78, 5) is -0.178. The van der Waals surface area contributed by atoms with Crippen molar-refractivity contribution in [1.82, 2.24) is 0 Å². The zero-order valence-electron chi connectivity index (χ0n) is 23.3. The standard InChI is InChI=1S/C22H36N5.C7H8O3S/c1-17-15-19(7-9-21(17)23)25-11-5-13-27(3,4)14-6-12-26-20-8-10-22(24)18(2)16-20;1-6-2-4-7(5-3-6)11(8,9)10/h7-10,15-16,25-26H,5-6,11-14,23-24H2,1-4H3;2-5H,1H3,(H,8,9,10)/q+1;/p-1. The van der Waals surface area contributed by atoms with E-state index in [0.29, 0.717) is 0 Å². The molecule has 8 nitrogen and oxygen atoms in total. The number of benzene rings is 3. The van der Waals surface area contributed by atoms with E-state index in [1.165, 1.54) is 12.1 Å². The molecule has 9 heteroatoms. The molecule has 3 aromatic carbocycles. The third-order valence-corrected chi connectivity index (χ3v) is 7.24. The van der Waals surface area contributed by atoms with E-state index in [1.54, 1.807) is 12.1 Å². The molecule has 0 fully saturated rings. The van der Waals surface area contributed by atoms with Crippen LogP contribution in [0.2, 0.25) is 0 Å². The first-order valence-corrected chi connectivity index (χ1v) is 14.2. The van der Waals surface area contributed by atoms with Gasteiger partial charge in [0.2, 0.25) is 0 Å². The highest BCUT2D eigenvalue weighted by molar-refractivity contribution is 7.85. The van der Waals surface area contributed by atoms with Gasteiger partial charge in [-0.1, -0.05) is 17.7 Å². The molecular weight excluding hydrogens is 498 g/mol. The van der Waals surface area contributed by atoms with Crippen molar-refractivity contribution in [2.45, 2.75) is 38.5 Å². The summed E-state index contributed by atoms with van der Waals surface area (Å²) in [6.07, 6.45) is 2.28. The number of nitrogen functional groups attached to an aromatic ring is 2. The summed E-state index contributed by atoms with van der Waals surface area (Å²) in [6.45, 7) is 10.2. The first kappa shape index (κ1) is 31.0. The summed E-state index contributed by atoms with van der Waals surface area (Å²) < 4.78 is 32.2. The van der Waals surface area contributed by atoms with Crippen LogP contribution in [-0.4, -0.2) is 57.7 Å². The molecule has 0 aromatic heterocycles. The largest absolute Gasteiger partial charge is 0.744 e. The van der Waals surface area contributed by atoms with Gasteiger partial charge in [-0.3, -0.25) is 0 Å². The number of anilines is 4. The molecule has 0 aliphatic heterocycles. The quantitative estimate of drug-likeness (QED) is 0.119. The fraction of sp³-hybridized carbons (Fsp3) is 0.379. The van der Waals surface area contributed by atoms with Crippen molar-refractivity contribution in [3.8, 4) is 0 Å². The summed E-state index contributed by atoms with van der Waals surface area (Å²) in [7, 11) is 0.343. The van der Waals surface area contributed by atoms with E-state index in [0.717, 1.165) is 82.9 Å². The molecule has 0 aliphatic carbocycles. The van der Waals surface area contributed by atoms with Gasteiger partial charge in [-0.05, 0) is 80.4 Å². The van der Waals surface area contributed by atoms with E-state index in [1.807, 2.05) is 45.0 Å². The van der Waals surface area contributed by atoms with Crippen molar-refractivity contribution in [3.63, 3.8) is 0 Å². The number of aryl methyl sites for hydroxylation is 3. The smallest absolute Gasteiger partial charge is 0.124 e. The molecule has 0 unspecified atom stereocenters. The Balaban J connectivity index is 0.000000384. The SMILES string of the molecule is Cc1cc(NCCC[N+](C)(C)CCCNc2ccc(N)c(C)c2)ccc1N.Cc1ccc(S(=O)(=O)[O-])cc1. The Morgan fingerprint density at radius 2 is 1.16 bits per heavy atom. The van der Waals surface area contributed by atoms with Crippen molar-refractivity contribution in [1.29, 1.82) is 0 Å². The van der Waals surface area contributed by atoms with Crippen LogP contribution >= 0.6 is 0 Å². The van der Waals surface area contributed by atoms with Gasteiger partial charge in [0.1, 0.15) is 10.1 Å². The second-order valence-electron chi connectivity index (χ2n) is 10.4. The third kappa shape index (κ3) is 11.0. The maximum absolute atomic E-state index is 10.4. The van der Waals surface area contributed by atoms with Gasteiger partial charge in [-0.2, -0.15) is 0 Å². The number of rotatable bonds is 11. The zero-order valence-corrected chi connectivity index (χ0v) is 24.1. The van der Waals surface area contributed by atoms with Crippen molar-refractivity contribution in [2.75, 3.05) is 62.4 Å². The molecule has 208 valence electrons. The van der Waals surface area contributed by atoms with Crippen LogP contribution in [0.3, 0.4) is 0 Å². The van der Waals surface area contributed by atoms with Crippen molar-refractivity contribution < 1.29 is 17.5 Å². The fourth-order valence-electron chi connectivity index (χ4n) is 3.87. The highest BCUT2D eigenvalue weighted by Crippen LogP contribution is 2.17. The predicted molar refractivity (Wildman–Crippen MR) is 158 cm³/mol. The Hall–Kier alpha value is -3.27. The van der Waals surface area contributed by atoms with E-state index >= 15 is 0 Å². The number of quaternary nitrogens is 1. The number of nitrogens with two attached hydrogens (primary N) is 2. The Labute approximate surface area is 228 Å². The molecule has 0 spiro atoms. The van der Waals surface area contributed by atoms with Crippen molar-refractivity contribution in [3.05, 3.63) is 77.4 Å². The van der Waals surface area contributed by atoms with E-state index in [-0.39, 0.29) is 4.90 Å². The molecule has 0 heterocycles. The van der Waals surface area contributed by atoms with Gasteiger partial charge in [-0.25, -0.2) is 8.42 Å². The average molecular weight is 542 g/mol. The van der Waals surface area contributed by atoms with E-state index in [4.69, 9.17) is 11.5 Å². The predicted octanol–water partition coefficient (Wildman–Crippen LogP) is 4.75. The topological polar surface area (TPSA) is 133 Å². The molecule has 3 rings (SSSR count). The van der Waals surface area contributed by atoms with Crippen LogP contribution in [-0.2, 0) is 10.1 Å². The molecule has 0 bridgehead atoms. The minimum atomic E-state index is -4.27. The van der Waals surface area contributed by atoms with Crippen LogP contribution in [0.25, 0.3) is 0 Å². The molecule has 0 saturated carbocycles. The molecular formula is C29H43N5O3S. The van der Waals surface area contributed by atoms with Crippen LogP contribution in [0.15, 0.2) is 65.6 Å². The summed E-state index contributed by atoms with van der Waals surface area (Å²) in [5.74, 6) is 0. The monoisotopic (exact) mass is 541 g/mol. The summed E-state index contributed by atoms with van der Waals surface area (Å²) in [6, 6.07) is 18.0. The van der Waals surface area contributed by atoms with Gasteiger partial charge < -0.3 is 31.1 Å². The molecule has 0 aliphatic rings.